The van der Waals surface area contributed by atoms with Crippen LogP contribution in [0.4, 0.5) is 5.69 Å². The first-order valence-corrected chi connectivity index (χ1v) is 7.90. The molecule has 2 rings (SSSR count). The van der Waals surface area contributed by atoms with Gasteiger partial charge in [-0.05, 0) is 56.6 Å². The van der Waals surface area contributed by atoms with Crippen molar-refractivity contribution in [2.75, 3.05) is 25.0 Å². The SMILES string of the molecule is Cc1cc(NC(=O)CNC(=O)C2CCNCC2)ccc1Br.Cl. The maximum atomic E-state index is 11.9. The van der Waals surface area contributed by atoms with Crippen LogP contribution in [0.1, 0.15) is 18.4 Å². The Morgan fingerprint density at radius 3 is 2.64 bits per heavy atom. The smallest absolute Gasteiger partial charge is 0.243 e. The Morgan fingerprint density at radius 1 is 1.32 bits per heavy atom. The lowest BCUT2D eigenvalue weighted by Gasteiger charge is -2.21. The number of benzene rings is 1. The van der Waals surface area contributed by atoms with E-state index < -0.39 is 0 Å². The fourth-order valence-electron chi connectivity index (χ4n) is 2.32. The zero-order valence-electron chi connectivity index (χ0n) is 12.4. The number of aryl methyl sites for hydroxylation is 1. The molecule has 122 valence electrons. The van der Waals surface area contributed by atoms with E-state index in [0.717, 1.165) is 41.7 Å². The molecule has 5 nitrogen and oxygen atoms in total. The summed E-state index contributed by atoms with van der Waals surface area (Å²) in [6.07, 6.45) is 1.67. The van der Waals surface area contributed by atoms with Crippen LogP contribution in [0.5, 0.6) is 0 Å². The van der Waals surface area contributed by atoms with Gasteiger partial charge in [0.25, 0.3) is 0 Å². The van der Waals surface area contributed by atoms with Gasteiger partial charge in [0.05, 0.1) is 6.54 Å². The number of carbonyl (C=O) groups is 2. The van der Waals surface area contributed by atoms with Gasteiger partial charge < -0.3 is 16.0 Å². The van der Waals surface area contributed by atoms with Gasteiger partial charge in [-0.15, -0.1) is 12.4 Å². The number of piperidine rings is 1. The maximum absolute atomic E-state index is 11.9. The second-order valence-electron chi connectivity index (χ2n) is 5.25. The van der Waals surface area contributed by atoms with Gasteiger partial charge in [-0.1, -0.05) is 15.9 Å². The lowest BCUT2D eigenvalue weighted by molar-refractivity contribution is -0.127. The van der Waals surface area contributed by atoms with E-state index in [1.165, 1.54) is 0 Å². The number of carbonyl (C=O) groups excluding carboxylic acids is 2. The van der Waals surface area contributed by atoms with E-state index in [-0.39, 0.29) is 36.7 Å². The molecule has 22 heavy (non-hydrogen) atoms. The number of hydrogen-bond acceptors (Lipinski definition) is 3. The van der Waals surface area contributed by atoms with E-state index in [1.54, 1.807) is 0 Å². The molecule has 0 saturated carbocycles. The lowest BCUT2D eigenvalue weighted by Crippen LogP contribution is -2.41. The number of hydrogen-bond donors (Lipinski definition) is 3. The average molecular weight is 391 g/mol. The van der Waals surface area contributed by atoms with Crippen molar-refractivity contribution in [3.8, 4) is 0 Å². The summed E-state index contributed by atoms with van der Waals surface area (Å²) in [7, 11) is 0. The molecule has 1 aliphatic rings. The monoisotopic (exact) mass is 389 g/mol. The Kier molecular flexibility index (Phi) is 7.85. The molecule has 2 amide bonds. The molecule has 0 radical (unpaired) electrons. The third-order valence-corrected chi connectivity index (χ3v) is 4.46. The highest BCUT2D eigenvalue weighted by molar-refractivity contribution is 9.10. The molecule has 1 saturated heterocycles. The molecule has 0 unspecified atom stereocenters. The highest BCUT2D eigenvalue weighted by Crippen LogP contribution is 2.19. The Labute approximate surface area is 145 Å². The van der Waals surface area contributed by atoms with Crippen molar-refractivity contribution < 1.29 is 9.59 Å². The van der Waals surface area contributed by atoms with Gasteiger partial charge in [0.2, 0.25) is 11.8 Å². The van der Waals surface area contributed by atoms with Crippen molar-refractivity contribution in [1.82, 2.24) is 10.6 Å². The summed E-state index contributed by atoms with van der Waals surface area (Å²) in [5, 5.41) is 8.71. The molecule has 1 fully saturated rings. The van der Waals surface area contributed by atoms with Gasteiger partial charge in [0.1, 0.15) is 0 Å². The van der Waals surface area contributed by atoms with E-state index in [1.807, 2.05) is 25.1 Å². The third-order valence-electron chi connectivity index (χ3n) is 3.57. The van der Waals surface area contributed by atoms with Crippen molar-refractivity contribution in [2.45, 2.75) is 19.8 Å². The van der Waals surface area contributed by atoms with E-state index in [4.69, 9.17) is 0 Å². The minimum Gasteiger partial charge on any atom is -0.347 e. The minimum atomic E-state index is -0.209. The predicted molar refractivity (Wildman–Crippen MR) is 93.4 cm³/mol. The zero-order valence-corrected chi connectivity index (χ0v) is 14.9. The molecule has 1 aromatic carbocycles. The number of rotatable bonds is 4. The first kappa shape index (κ1) is 18.9. The highest BCUT2D eigenvalue weighted by Gasteiger charge is 2.20. The summed E-state index contributed by atoms with van der Waals surface area (Å²) in [5.41, 5.74) is 1.78. The van der Waals surface area contributed by atoms with Crippen LogP contribution in [0.15, 0.2) is 22.7 Å². The fraction of sp³-hybridized carbons (Fsp3) is 0.467. The number of nitrogens with one attached hydrogen (secondary N) is 3. The minimum absolute atomic E-state index is 0. The number of amides is 2. The molecular weight excluding hydrogens is 370 g/mol. The van der Waals surface area contributed by atoms with Crippen molar-refractivity contribution >= 4 is 45.8 Å². The summed E-state index contributed by atoms with van der Waals surface area (Å²) < 4.78 is 1.000. The van der Waals surface area contributed by atoms with Gasteiger partial charge in [0, 0.05) is 16.1 Å². The molecular formula is C15H21BrClN3O2. The van der Waals surface area contributed by atoms with Gasteiger partial charge in [0.15, 0.2) is 0 Å². The van der Waals surface area contributed by atoms with E-state index in [0.29, 0.717) is 0 Å². The predicted octanol–water partition coefficient (Wildman–Crippen LogP) is 2.23. The molecule has 0 aromatic heterocycles. The van der Waals surface area contributed by atoms with Crippen LogP contribution >= 0.6 is 28.3 Å². The molecule has 3 N–H and O–H groups in total. The second kappa shape index (κ2) is 9.12. The first-order valence-electron chi connectivity index (χ1n) is 7.10. The van der Waals surface area contributed by atoms with Gasteiger partial charge in [-0.25, -0.2) is 0 Å². The summed E-state index contributed by atoms with van der Waals surface area (Å²) >= 11 is 3.41. The van der Waals surface area contributed by atoms with E-state index in [2.05, 4.69) is 31.9 Å². The molecule has 0 atom stereocenters. The van der Waals surface area contributed by atoms with Crippen LogP contribution in [-0.4, -0.2) is 31.4 Å². The van der Waals surface area contributed by atoms with Gasteiger partial charge >= 0.3 is 0 Å². The van der Waals surface area contributed by atoms with Gasteiger partial charge in [-0.3, -0.25) is 9.59 Å². The largest absolute Gasteiger partial charge is 0.347 e. The van der Waals surface area contributed by atoms with Crippen molar-refractivity contribution in [3.63, 3.8) is 0 Å². The Morgan fingerprint density at radius 2 is 2.00 bits per heavy atom. The molecule has 1 aromatic rings. The van der Waals surface area contributed by atoms with Crippen LogP contribution in [-0.2, 0) is 9.59 Å². The lowest BCUT2D eigenvalue weighted by atomic mass is 9.97. The van der Waals surface area contributed by atoms with Crippen LogP contribution < -0.4 is 16.0 Å². The summed E-state index contributed by atoms with van der Waals surface area (Å²) in [6.45, 7) is 3.70. The topological polar surface area (TPSA) is 70.2 Å². The maximum Gasteiger partial charge on any atom is 0.243 e. The quantitative estimate of drug-likeness (QED) is 0.738. The van der Waals surface area contributed by atoms with E-state index >= 15 is 0 Å². The molecule has 0 spiro atoms. The average Bonchev–Trinajstić information content (AvgIpc) is 2.49. The first-order chi connectivity index (χ1) is 10.1. The second-order valence-corrected chi connectivity index (χ2v) is 6.11. The van der Waals surface area contributed by atoms with Crippen LogP contribution in [0, 0.1) is 12.8 Å². The molecule has 0 aliphatic carbocycles. The van der Waals surface area contributed by atoms with Crippen LogP contribution in [0.2, 0.25) is 0 Å². The normalized spacial score (nSPS) is 14.8. The third kappa shape index (κ3) is 5.59. The fourth-order valence-corrected chi connectivity index (χ4v) is 2.57. The van der Waals surface area contributed by atoms with Gasteiger partial charge in [-0.2, -0.15) is 0 Å². The highest BCUT2D eigenvalue weighted by atomic mass is 79.9. The molecule has 1 aliphatic heterocycles. The van der Waals surface area contributed by atoms with E-state index in [9.17, 15) is 9.59 Å². The number of anilines is 1. The van der Waals surface area contributed by atoms with Crippen LogP contribution in [0.3, 0.4) is 0 Å². The Hall–Kier alpha value is -1.11. The van der Waals surface area contributed by atoms with Crippen molar-refractivity contribution in [1.29, 1.82) is 0 Å². The molecule has 7 heteroatoms. The summed E-state index contributed by atoms with van der Waals surface area (Å²) in [4.78, 5) is 23.8. The molecule has 0 bridgehead atoms. The van der Waals surface area contributed by atoms with Crippen molar-refractivity contribution in [2.24, 2.45) is 5.92 Å². The number of halogens is 2. The Bertz CT molecular complexity index is 534. The Balaban J connectivity index is 0.00000242. The molecule has 1 heterocycles. The van der Waals surface area contributed by atoms with Crippen LogP contribution in [0.25, 0.3) is 0 Å². The summed E-state index contributed by atoms with van der Waals surface area (Å²) in [6, 6.07) is 5.60. The zero-order chi connectivity index (χ0) is 15.2. The van der Waals surface area contributed by atoms with Crippen molar-refractivity contribution in [3.05, 3.63) is 28.2 Å². The summed E-state index contributed by atoms with van der Waals surface area (Å²) in [5.74, 6) is -0.216. The standard InChI is InChI=1S/C15H20BrN3O2.ClH/c1-10-8-12(2-3-13(10)16)19-14(20)9-18-15(21)11-4-6-17-7-5-11;/h2-3,8,11,17H,4-7,9H2,1H3,(H,18,21)(H,19,20);1H.